The van der Waals surface area contributed by atoms with E-state index in [9.17, 15) is 9.59 Å². The molecule has 0 saturated heterocycles. The molecule has 216 valence electrons. The van der Waals surface area contributed by atoms with Crippen LogP contribution in [0.2, 0.25) is 5.02 Å². The van der Waals surface area contributed by atoms with E-state index in [0.29, 0.717) is 36.0 Å². The Hall–Kier alpha value is -3.35. The third-order valence-corrected chi connectivity index (χ3v) is 9.52. The molecule has 0 atom stereocenters. The van der Waals surface area contributed by atoms with Gasteiger partial charge in [0.05, 0.1) is 12.1 Å². The number of ether oxygens (including phenoxy) is 2. The second kappa shape index (κ2) is 12.5. The molecule has 0 amide bonds. The van der Waals surface area contributed by atoms with E-state index in [4.69, 9.17) is 21.1 Å². The number of nitrogens with zero attached hydrogens (tertiary/aromatic N) is 1. The highest BCUT2D eigenvalue weighted by atomic mass is 79.9. The summed E-state index contributed by atoms with van der Waals surface area (Å²) >= 11 is 10.4. The Kier molecular flexibility index (Phi) is 8.55. The molecule has 5 nitrogen and oxygen atoms in total. The molecule has 3 aromatic carbocycles. The van der Waals surface area contributed by atoms with Gasteiger partial charge in [-0.15, -0.1) is 0 Å². The summed E-state index contributed by atoms with van der Waals surface area (Å²) in [6.45, 7) is 1.04. The quantitative estimate of drug-likeness (QED) is 0.246. The van der Waals surface area contributed by atoms with E-state index in [0.717, 1.165) is 76.8 Å². The normalized spacial score (nSPS) is 17.4. The SMILES string of the molecule is COc1cc(C2C3=C(CCCC3=O)N(CCc3ccccc3)C3=C2C(=O)CCC3)cc(Cl)c1OCc1ccccc1Br. The highest BCUT2D eigenvalue weighted by Gasteiger charge is 2.43. The molecule has 1 aliphatic heterocycles. The average Bonchev–Trinajstić information content (AvgIpc) is 3.00. The first-order valence-corrected chi connectivity index (χ1v) is 15.7. The van der Waals surface area contributed by atoms with Crippen molar-refractivity contribution in [3.8, 4) is 11.5 Å². The van der Waals surface area contributed by atoms with Crippen molar-refractivity contribution < 1.29 is 19.1 Å². The second-order valence-corrected chi connectivity index (χ2v) is 12.3. The van der Waals surface area contributed by atoms with Crippen LogP contribution >= 0.6 is 27.5 Å². The number of methoxy groups -OCH3 is 1. The van der Waals surface area contributed by atoms with Crippen LogP contribution in [0, 0.1) is 0 Å². The fraction of sp³-hybridized carbons (Fsp3) is 0.314. The number of Topliss-reactive ketones (excluding diaryl/α,β-unsaturated/α-hetero) is 2. The van der Waals surface area contributed by atoms with E-state index in [1.165, 1.54) is 5.56 Å². The third kappa shape index (κ3) is 5.55. The predicted molar refractivity (Wildman–Crippen MR) is 168 cm³/mol. The smallest absolute Gasteiger partial charge is 0.180 e. The van der Waals surface area contributed by atoms with Crippen molar-refractivity contribution in [2.75, 3.05) is 13.7 Å². The van der Waals surface area contributed by atoms with Gasteiger partial charge in [-0.2, -0.15) is 0 Å². The zero-order chi connectivity index (χ0) is 29.2. The van der Waals surface area contributed by atoms with Crippen molar-refractivity contribution in [3.63, 3.8) is 0 Å². The molecule has 6 rings (SSSR count). The van der Waals surface area contributed by atoms with Crippen LogP contribution in [0.5, 0.6) is 11.5 Å². The number of carbonyl (C=O) groups is 2. The van der Waals surface area contributed by atoms with E-state index in [2.05, 4.69) is 45.1 Å². The summed E-state index contributed by atoms with van der Waals surface area (Å²) in [5, 5.41) is 0.388. The number of allylic oxidation sites excluding steroid dienone is 4. The number of ketones is 2. The van der Waals surface area contributed by atoms with Gasteiger partial charge in [0.2, 0.25) is 0 Å². The number of hydrogen-bond acceptors (Lipinski definition) is 5. The maximum absolute atomic E-state index is 13.7. The Labute approximate surface area is 260 Å². The fourth-order valence-electron chi connectivity index (χ4n) is 6.52. The summed E-state index contributed by atoms with van der Waals surface area (Å²) in [4.78, 5) is 29.7. The summed E-state index contributed by atoms with van der Waals surface area (Å²) < 4.78 is 12.9. The molecule has 1 heterocycles. The molecular formula is C35H33BrClNO4. The van der Waals surface area contributed by atoms with Crippen molar-refractivity contribution in [3.05, 3.63) is 115 Å². The lowest BCUT2D eigenvalue weighted by Gasteiger charge is -2.44. The molecule has 0 bridgehead atoms. The minimum atomic E-state index is -0.465. The number of rotatable bonds is 8. The van der Waals surface area contributed by atoms with Crippen molar-refractivity contribution in [1.29, 1.82) is 0 Å². The number of benzene rings is 3. The molecule has 0 fully saturated rings. The Bertz CT molecular complexity index is 1550. The van der Waals surface area contributed by atoms with Gasteiger partial charge in [-0.25, -0.2) is 0 Å². The van der Waals surface area contributed by atoms with Gasteiger partial charge in [0.25, 0.3) is 0 Å². The van der Waals surface area contributed by atoms with E-state index >= 15 is 0 Å². The molecular weight excluding hydrogens is 614 g/mol. The molecule has 3 aliphatic rings. The zero-order valence-corrected chi connectivity index (χ0v) is 26.0. The zero-order valence-electron chi connectivity index (χ0n) is 23.6. The molecule has 0 saturated carbocycles. The standard InChI is InChI=1S/C35H33BrClNO4/c1-41-31-20-24(19-26(37)35(31)42-21-23-11-5-6-12-25(23)36)32-33-27(13-7-15-29(33)39)38(18-17-22-9-3-2-4-10-22)28-14-8-16-30(40)34(28)32/h2-6,9-12,19-20,32H,7-8,13-18,21H2,1H3. The van der Waals surface area contributed by atoms with Crippen molar-refractivity contribution >= 4 is 39.1 Å². The van der Waals surface area contributed by atoms with Gasteiger partial charge in [-0.05, 0) is 61.4 Å². The summed E-state index contributed by atoms with van der Waals surface area (Å²) in [5.74, 6) is 0.673. The minimum Gasteiger partial charge on any atom is -0.493 e. The first kappa shape index (κ1) is 28.8. The van der Waals surface area contributed by atoms with Crippen LogP contribution in [-0.2, 0) is 22.6 Å². The largest absolute Gasteiger partial charge is 0.493 e. The van der Waals surface area contributed by atoms with Crippen LogP contribution in [0.1, 0.15) is 61.1 Å². The molecule has 0 radical (unpaired) electrons. The Morgan fingerprint density at radius 1 is 0.881 bits per heavy atom. The molecule has 0 aromatic heterocycles. The van der Waals surface area contributed by atoms with Gasteiger partial charge < -0.3 is 14.4 Å². The summed E-state index contributed by atoms with van der Waals surface area (Å²) in [6, 6.07) is 22.0. The van der Waals surface area contributed by atoms with Crippen molar-refractivity contribution in [2.45, 2.75) is 57.5 Å². The van der Waals surface area contributed by atoms with Gasteiger partial charge in [0.1, 0.15) is 6.61 Å². The maximum atomic E-state index is 13.7. The topological polar surface area (TPSA) is 55.8 Å². The number of carbonyl (C=O) groups excluding carboxylic acids is 2. The summed E-state index contributed by atoms with van der Waals surface area (Å²) in [6.07, 6.45) is 5.06. The van der Waals surface area contributed by atoms with E-state index in [1.807, 2.05) is 42.5 Å². The first-order valence-electron chi connectivity index (χ1n) is 14.5. The van der Waals surface area contributed by atoms with Crippen LogP contribution in [0.3, 0.4) is 0 Å². The molecule has 3 aromatic rings. The van der Waals surface area contributed by atoms with E-state index in [-0.39, 0.29) is 11.6 Å². The van der Waals surface area contributed by atoms with Crippen molar-refractivity contribution in [2.24, 2.45) is 0 Å². The lowest BCUT2D eigenvalue weighted by atomic mass is 9.71. The first-order chi connectivity index (χ1) is 20.5. The molecule has 2 aliphatic carbocycles. The highest BCUT2D eigenvalue weighted by Crippen LogP contribution is 2.51. The third-order valence-electron chi connectivity index (χ3n) is 8.47. The highest BCUT2D eigenvalue weighted by molar-refractivity contribution is 9.10. The van der Waals surface area contributed by atoms with Crippen LogP contribution in [0.15, 0.2) is 93.7 Å². The van der Waals surface area contributed by atoms with Gasteiger partial charge in [0, 0.05) is 57.9 Å². The predicted octanol–water partition coefficient (Wildman–Crippen LogP) is 8.35. The molecule has 0 N–H and O–H groups in total. The minimum absolute atomic E-state index is 0.111. The molecule has 7 heteroatoms. The van der Waals surface area contributed by atoms with Gasteiger partial charge in [-0.3, -0.25) is 9.59 Å². The second-order valence-electron chi connectivity index (χ2n) is 11.0. The van der Waals surface area contributed by atoms with Gasteiger partial charge >= 0.3 is 0 Å². The fourth-order valence-corrected chi connectivity index (χ4v) is 7.19. The van der Waals surface area contributed by atoms with Crippen LogP contribution in [0.4, 0.5) is 0 Å². The number of hydrogen-bond donors (Lipinski definition) is 0. The van der Waals surface area contributed by atoms with E-state index < -0.39 is 5.92 Å². The number of halogens is 2. The molecule has 0 unspecified atom stereocenters. The average molecular weight is 647 g/mol. The Morgan fingerprint density at radius 2 is 1.52 bits per heavy atom. The molecule has 0 spiro atoms. The van der Waals surface area contributed by atoms with Crippen LogP contribution in [-0.4, -0.2) is 30.1 Å². The molecule has 42 heavy (non-hydrogen) atoms. The van der Waals surface area contributed by atoms with Gasteiger partial charge in [-0.1, -0.05) is 76.1 Å². The van der Waals surface area contributed by atoms with Crippen LogP contribution < -0.4 is 9.47 Å². The monoisotopic (exact) mass is 645 g/mol. The Balaban J connectivity index is 1.41. The van der Waals surface area contributed by atoms with Gasteiger partial charge in [0.15, 0.2) is 23.1 Å². The van der Waals surface area contributed by atoms with E-state index in [1.54, 1.807) is 7.11 Å². The lowest BCUT2D eigenvalue weighted by Crippen LogP contribution is -2.40. The Morgan fingerprint density at radius 3 is 2.17 bits per heavy atom. The van der Waals surface area contributed by atoms with Crippen LogP contribution in [0.25, 0.3) is 0 Å². The van der Waals surface area contributed by atoms with Crippen molar-refractivity contribution in [1.82, 2.24) is 4.90 Å². The lowest BCUT2D eigenvalue weighted by molar-refractivity contribution is -0.117. The summed E-state index contributed by atoms with van der Waals surface area (Å²) in [5.41, 5.74) is 6.61. The summed E-state index contributed by atoms with van der Waals surface area (Å²) in [7, 11) is 1.58. The maximum Gasteiger partial charge on any atom is 0.180 e.